The largest absolute Gasteiger partial charge is 0.472 e. The second-order valence-corrected chi connectivity index (χ2v) is 5.27. The summed E-state index contributed by atoms with van der Waals surface area (Å²) in [5, 5.41) is 0. The van der Waals surface area contributed by atoms with Gasteiger partial charge in [-0.05, 0) is 25.2 Å². The van der Waals surface area contributed by atoms with Gasteiger partial charge in [0.25, 0.3) is 0 Å². The van der Waals surface area contributed by atoms with Crippen LogP contribution in [0.1, 0.15) is 26.2 Å². The van der Waals surface area contributed by atoms with Crippen molar-refractivity contribution in [1.82, 2.24) is 0 Å². The molecule has 1 rings (SSSR count). The Hall–Kier alpha value is 0.0700. The third-order valence-corrected chi connectivity index (χ3v) is 3.33. The zero-order valence-corrected chi connectivity index (χ0v) is 9.28. The lowest BCUT2D eigenvalue weighted by Gasteiger charge is -2.21. The number of hydrogen-bond acceptors (Lipinski definition) is 4. The van der Waals surface area contributed by atoms with E-state index in [-0.39, 0.29) is 19.3 Å². The normalized spacial score (nSPS) is 41.9. The molecule has 0 aromatic rings. The van der Waals surface area contributed by atoms with Crippen molar-refractivity contribution in [2.24, 2.45) is 11.7 Å². The standard InChI is InChI=1S/C8H18NO4P/c1-7-2-4-12-14(10,11)13-5-3-8(9)6-7/h7-8H,2-6,9H2,1H3,(H,10,11)/t7-,8+/m0/s1. The average Bonchev–Trinajstić information content (AvgIpc) is 2.01. The van der Waals surface area contributed by atoms with Crippen LogP contribution < -0.4 is 5.73 Å². The maximum atomic E-state index is 11.2. The SMILES string of the molecule is C[C@H]1CCOP(=O)(O)OCC[C@@H](N)C1. The Morgan fingerprint density at radius 2 is 1.93 bits per heavy atom. The molecule has 0 spiro atoms. The number of rotatable bonds is 0. The van der Waals surface area contributed by atoms with E-state index in [1.54, 1.807) is 0 Å². The van der Waals surface area contributed by atoms with Crippen LogP contribution in [0.5, 0.6) is 0 Å². The van der Waals surface area contributed by atoms with Gasteiger partial charge in [-0.2, -0.15) is 0 Å². The molecule has 84 valence electrons. The van der Waals surface area contributed by atoms with Crippen LogP contribution in [-0.4, -0.2) is 24.1 Å². The van der Waals surface area contributed by atoms with E-state index in [4.69, 9.17) is 19.7 Å². The fraction of sp³-hybridized carbons (Fsp3) is 1.00. The minimum Gasteiger partial charge on any atom is -0.328 e. The van der Waals surface area contributed by atoms with Gasteiger partial charge >= 0.3 is 7.82 Å². The predicted octanol–water partition coefficient (Wildman–Crippen LogP) is 1.27. The Morgan fingerprint density at radius 3 is 2.57 bits per heavy atom. The summed E-state index contributed by atoms with van der Waals surface area (Å²) < 4.78 is 20.6. The summed E-state index contributed by atoms with van der Waals surface area (Å²) in [7, 11) is -3.81. The van der Waals surface area contributed by atoms with Crippen LogP contribution in [0.3, 0.4) is 0 Å². The molecule has 6 heteroatoms. The van der Waals surface area contributed by atoms with Gasteiger partial charge in [-0.25, -0.2) is 4.57 Å². The summed E-state index contributed by atoms with van der Waals surface area (Å²) in [5.74, 6) is 0.420. The van der Waals surface area contributed by atoms with Crippen molar-refractivity contribution in [3.05, 3.63) is 0 Å². The summed E-state index contributed by atoms with van der Waals surface area (Å²) in [4.78, 5) is 9.14. The molecule has 3 N–H and O–H groups in total. The Labute approximate surface area is 84.2 Å². The molecule has 1 fully saturated rings. The molecule has 5 nitrogen and oxygen atoms in total. The quantitative estimate of drug-likeness (QED) is 0.604. The highest BCUT2D eigenvalue weighted by atomic mass is 31.2. The van der Waals surface area contributed by atoms with Crippen molar-refractivity contribution in [3.8, 4) is 0 Å². The summed E-state index contributed by atoms with van der Waals surface area (Å²) in [5.41, 5.74) is 5.81. The number of phosphoric ester groups is 1. The summed E-state index contributed by atoms with van der Waals surface area (Å²) >= 11 is 0. The van der Waals surface area contributed by atoms with E-state index in [0.29, 0.717) is 12.3 Å². The lowest BCUT2D eigenvalue weighted by molar-refractivity contribution is 0.130. The van der Waals surface area contributed by atoms with Crippen molar-refractivity contribution in [2.45, 2.75) is 32.2 Å². The van der Waals surface area contributed by atoms with Crippen molar-refractivity contribution in [3.63, 3.8) is 0 Å². The first-order valence-electron chi connectivity index (χ1n) is 4.87. The third kappa shape index (κ3) is 4.53. The molecule has 0 bridgehead atoms. The Kier molecular flexibility index (Phi) is 4.54. The molecule has 0 aromatic heterocycles. The Balaban J connectivity index is 2.48. The number of nitrogens with two attached hydrogens (primary N) is 1. The summed E-state index contributed by atoms with van der Waals surface area (Å²) in [6, 6.07) is 0.0445. The Bertz CT molecular complexity index is 205. The summed E-state index contributed by atoms with van der Waals surface area (Å²) in [6.45, 7) is 2.50. The molecule has 0 aromatic carbocycles. The van der Waals surface area contributed by atoms with Crippen molar-refractivity contribution in [1.29, 1.82) is 0 Å². The highest BCUT2D eigenvalue weighted by Gasteiger charge is 2.23. The van der Waals surface area contributed by atoms with E-state index in [2.05, 4.69) is 6.92 Å². The van der Waals surface area contributed by atoms with Crippen LogP contribution in [-0.2, 0) is 13.6 Å². The minimum absolute atomic E-state index is 0.0445. The maximum absolute atomic E-state index is 11.2. The van der Waals surface area contributed by atoms with Gasteiger partial charge in [0.2, 0.25) is 0 Å². The van der Waals surface area contributed by atoms with Crippen LogP contribution in [0.2, 0.25) is 0 Å². The van der Waals surface area contributed by atoms with Gasteiger partial charge < -0.3 is 10.6 Å². The van der Waals surface area contributed by atoms with Gasteiger partial charge in [-0.1, -0.05) is 6.92 Å². The van der Waals surface area contributed by atoms with Crippen LogP contribution in [0.4, 0.5) is 0 Å². The molecule has 3 atom stereocenters. The molecule has 1 aliphatic rings. The Morgan fingerprint density at radius 1 is 1.36 bits per heavy atom. The molecule has 0 saturated carbocycles. The monoisotopic (exact) mass is 223 g/mol. The van der Waals surface area contributed by atoms with E-state index >= 15 is 0 Å². The fourth-order valence-electron chi connectivity index (χ4n) is 1.48. The van der Waals surface area contributed by atoms with Crippen molar-refractivity contribution < 1.29 is 18.5 Å². The van der Waals surface area contributed by atoms with Crippen LogP contribution in [0, 0.1) is 5.92 Å². The third-order valence-electron chi connectivity index (χ3n) is 2.31. The molecule has 1 heterocycles. The zero-order chi connectivity index (χ0) is 10.6. The van der Waals surface area contributed by atoms with Crippen LogP contribution in [0.25, 0.3) is 0 Å². The highest BCUT2D eigenvalue weighted by Crippen LogP contribution is 2.44. The van der Waals surface area contributed by atoms with Gasteiger partial charge in [0.15, 0.2) is 0 Å². The smallest absolute Gasteiger partial charge is 0.328 e. The lowest BCUT2D eigenvalue weighted by atomic mass is 9.98. The van der Waals surface area contributed by atoms with E-state index in [0.717, 1.165) is 12.8 Å². The first-order valence-corrected chi connectivity index (χ1v) is 6.36. The molecule has 0 radical (unpaired) electrons. The second-order valence-electron chi connectivity index (χ2n) is 3.81. The molecule has 1 aliphatic heterocycles. The molecule has 0 aliphatic carbocycles. The summed E-state index contributed by atoms with van der Waals surface area (Å²) in [6.07, 6.45) is 2.24. The molecule has 0 amide bonds. The van der Waals surface area contributed by atoms with Crippen LogP contribution in [0.15, 0.2) is 0 Å². The average molecular weight is 223 g/mol. The highest BCUT2D eigenvalue weighted by molar-refractivity contribution is 7.47. The predicted molar refractivity (Wildman–Crippen MR) is 52.7 cm³/mol. The molecule has 1 saturated heterocycles. The molecule has 14 heavy (non-hydrogen) atoms. The minimum atomic E-state index is -3.81. The number of hydrogen-bond donors (Lipinski definition) is 2. The molecule has 1 unspecified atom stereocenters. The van der Waals surface area contributed by atoms with Gasteiger partial charge in [-0.15, -0.1) is 0 Å². The number of phosphoric acid groups is 1. The molecular weight excluding hydrogens is 205 g/mol. The zero-order valence-electron chi connectivity index (χ0n) is 8.39. The van der Waals surface area contributed by atoms with E-state index in [1.165, 1.54) is 0 Å². The van der Waals surface area contributed by atoms with Crippen molar-refractivity contribution >= 4 is 7.82 Å². The van der Waals surface area contributed by atoms with E-state index < -0.39 is 7.82 Å². The van der Waals surface area contributed by atoms with Gasteiger partial charge in [0.1, 0.15) is 0 Å². The van der Waals surface area contributed by atoms with Gasteiger partial charge in [0, 0.05) is 6.04 Å². The maximum Gasteiger partial charge on any atom is 0.472 e. The van der Waals surface area contributed by atoms with E-state index in [9.17, 15) is 4.57 Å². The van der Waals surface area contributed by atoms with Crippen molar-refractivity contribution in [2.75, 3.05) is 13.2 Å². The van der Waals surface area contributed by atoms with E-state index in [1.807, 2.05) is 0 Å². The first kappa shape index (κ1) is 12.1. The van der Waals surface area contributed by atoms with Crippen LogP contribution >= 0.6 is 7.82 Å². The van der Waals surface area contributed by atoms with Gasteiger partial charge in [-0.3, -0.25) is 9.05 Å². The second kappa shape index (κ2) is 5.24. The fourth-order valence-corrected chi connectivity index (χ4v) is 2.23. The van der Waals surface area contributed by atoms with Gasteiger partial charge in [0.05, 0.1) is 13.2 Å². The first-order chi connectivity index (χ1) is 6.49. The molecular formula is C8H18NO4P. The lowest BCUT2D eigenvalue weighted by Crippen LogP contribution is -2.25. The topological polar surface area (TPSA) is 81.8 Å².